The molecule has 0 aromatic heterocycles. The van der Waals surface area contributed by atoms with Crippen molar-refractivity contribution in [3.05, 3.63) is 71.7 Å². The number of amides is 1. The highest BCUT2D eigenvalue weighted by Gasteiger charge is 2.50. The minimum absolute atomic E-state index is 0.00843. The van der Waals surface area contributed by atoms with Gasteiger partial charge < -0.3 is 54.9 Å². The molecule has 2 aromatic rings. The summed E-state index contributed by atoms with van der Waals surface area (Å²) in [4.78, 5) is 42.4. The third-order valence-electron chi connectivity index (χ3n) is 11.5. The van der Waals surface area contributed by atoms with Gasteiger partial charge >= 0.3 is 11.8 Å². The minimum atomic E-state index is -1.93. The summed E-state index contributed by atoms with van der Waals surface area (Å²) in [6.07, 6.45) is 10.7. The maximum absolute atomic E-state index is 14.5. The number of Topliss-reactive ketones (excluding diaryl/α,β-unsaturated/α-hetero) is 1. The van der Waals surface area contributed by atoms with Crippen molar-refractivity contribution in [1.82, 2.24) is 0 Å². The Bertz CT molecular complexity index is 2100. The van der Waals surface area contributed by atoms with Crippen LogP contribution in [0, 0.1) is 30.6 Å². The molecule has 56 heavy (non-hydrogen) atoms. The normalized spacial score (nSPS) is 33.8. The average molecular weight is 774 g/mol. The summed E-state index contributed by atoms with van der Waals surface area (Å²) in [5.41, 5.74) is 1.22. The molecule has 0 saturated heterocycles. The van der Waals surface area contributed by atoms with Gasteiger partial charge in [0.25, 0.3) is 11.7 Å². The van der Waals surface area contributed by atoms with E-state index < -0.39 is 83.4 Å². The molecule has 6 N–H and O–H groups in total. The fraction of sp³-hybridized carbons (Fsp3) is 0.452. The molecule has 6 rings (SSSR count). The van der Waals surface area contributed by atoms with E-state index in [2.05, 4.69) is 10.6 Å². The number of aliphatic hydroxyl groups excluding tert-OH is 2. The largest absolute Gasteiger partial charge is 0.507 e. The van der Waals surface area contributed by atoms with E-state index in [4.69, 9.17) is 18.9 Å². The lowest BCUT2D eigenvalue weighted by Crippen LogP contribution is -2.46. The van der Waals surface area contributed by atoms with E-state index in [1.54, 1.807) is 83.0 Å². The van der Waals surface area contributed by atoms with Gasteiger partial charge in [-0.05, 0) is 32.1 Å². The molecule has 0 saturated carbocycles. The summed E-state index contributed by atoms with van der Waals surface area (Å²) >= 11 is 0. The minimum Gasteiger partial charge on any atom is -0.507 e. The molecule has 4 heterocycles. The number of anilines is 3. The van der Waals surface area contributed by atoms with E-state index >= 15 is 0 Å². The number of aromatic hydroxyl groups is 2. The second kappa shape index (κ2) is 15.3. The van der Waals surface area contributed by atoms with Crippen LogP contribution in [0.2, 0.25) is 0 Å². The molecule has 4 bridgehead atoms. The molecule has 0 aliphatic carbocycles. The number of benzene rings is 2. The van der Waals surface area contributed by atoms with Crippen molar-refractivity contribution in [2.75, 3.05) is 22.6 Å². The number of fused-ring (bicyclic) bond motifs is 2. The molecule has 4 aliphatic heterocycles. The van der Waals surface area contributed by atoms with Crippen LogP contribution in [-0.4, -0.2) is 81.6 Å². The first-order valence-electron chi connectivity index (χ1n) is 18.7. The number of hydrogen-bond acceptors (Lipinski definition) is 13. The summed E-state index contributed by atoms with van der Waals surface area (Å²) in [6.45, 7) is 12.9. The molecule has 2 aromatic carbocycles. The zero-order valence-electron chi connectivity index (χ0n) is 33.0. The molecule has 1 unspecified atom stereocenters. The summed E-state index contributed by atoms with van der Waals surface area (Å²) < 4.78 is 23.8. The number of methoxy groups -OCH3 is 1. The van der Waals surface area contributed by atoms with Crippen LogP contribution in [0.25, 0.3) is 10.8 Å². The van der Waals surface area contributed by atoms with E-state index in [0.29, 0.717) is 11.4 Å². The van der Waals surface area contributed by atoms with Gasteiger partial charge in [-0.3, -0.25) is 14.4 Å². The number of nitrogens with zero attached hydrogens (tertiary/aromatic N) is 1. The molecular formula is C42H51N3O11. The van der Waals surface area contributed by atoms with Gasteiger partial charge in [0.2, 0.25) is 0 Å². The zero-order chi connectivity index (χ0) is 41.0. The quantitative estimate of drug-likeness (QED) is 0.124. The monoisotopic (exact) mass is 773 g/mol. The van der Waals surface area contributed by atoms with Crippen molar-refractivity contribution in [1.29, 1.82) is 0 Å². The Morgan fingerprint density at radius 3 is 2.30 bits per heavy atom. The highest BCUT2D eigenvalue weighted by atomic mass is 16.7. The number of carbonyl (C=O) groups is 3. The molecule has 14 nitrogen and oxygen atoms in total. The molecule has 0 radical (unpaired) electrons. The number of hydrogen-bond donors (Lipinski definition) is 6. The first-order valence-corrected chi connectivity index (χ1v) is 18.7. The Morgan fingerprint density at radius 2 is 1.62 bits per heavy atom. The van der Waals surface area contributed by atoms with Crippen molar-refractivity contribution in [3.8, 4) is 17.2 Å². The Morgan fingerprint density at radius 1 is 0.911 bits per heavy atom. The summed E-state index contributed by atoms with van der Waals surface area (Å²) in [7, 11) is 1.46. The van der Waals surface area contributed by atoms with E-state index in [1.165, 1.54) is 27.2 Å². The van der Waals surface area contributed by atoms with Crippen LogP contribution in [-0.2, 0) is 23.8 Å². The number of phenolic OH excluding ortho intramolecular Hbond substituents is 2. The van der Waals surface area contributed by atoms with Crippen molar-refractivity contribution in [3.63, 3.8) is 0 Å². The average Bonchev–Trinajstić information content (AvgIpc) is 3.68. The standard InChI is InChI=1S/C42H51N3O11/c1-19-13-12-14-20(2)41(52)44-32-33-31(43-27-15-10-11-17-45(27)33)28-29(37(32)50)36(49)24(6)39-30(28)40(51)42(8,56-39)54-18-16-26(53-9)21(3)38(55-25(7)46)23(5)35(48)22(4)34(19)47/h10-19,21-23,26-27,34-35,38,43,47-50H,1-9H3,(H,44,52)/b13-12+,18-16+,20-14-/t19-,21+,22+,23+,26-,27?,34-,35+,38+,42-/m0/s1. The fourth-order valence-electron chi connectivity index (χ4n) is 8.10. The lowest BCUT2D eigenvalue weighted by Gasteiger charge is -2.38. The Hall–Kier alpha value is -5.31. The van der Waals surface area contributed by atoms with Gasteiger partial charge in [0, 0.05) is 67.4 Å². The number of ether oxygens (including phenoxy) is 4. The number of nitrogens with one attached hydrogen (secondary N) is 2. The second-order valence-corrected chi connectivity index (χ2v) is 15.3. The number of esters is 1. The summed E-state index contributed by atoms with van der Waals surface area (Å²) in [5.74, 6) is -6.76. The van der Waals surface area contributed by atoms with Crippen LogP contribution >= 0.6 is 0 Å². The number of phenols is 2. The molecule has 300 valence electrons. The van der Waals surface area contributed by atoms with E-state index in [0.717, 1.165) is 0 Å². The molecule has 10 atom stereocenters. The van der Waals surface area contributed by atoms with Gasteiger partial charge in [0.05, 0.1) is 46.9 Å². The smallest absolute Gasteiger partial charge is 0.312 e. The topological polar surface area (TPSA) is 196 Å². The predicted octanol–water partition coefficient (Wildman–Crippen LogP) is 5.69. The summed E-state index contributed by atoms with van der Waals surface area (Å²) in [6, 6.07) is 0. The number of aliphatic hydroxyl groups is 2. The van der Waals surface area contributed by atoms with Crippen molar-refractivity contribution < 1.29 is 53.8 Å². The number of rotatable bonds is 2. The Labute approximate surface area is 325 Å². The lowest BCUT2D eigenvalue weighted by atomic mass is 9.78. The maximum atomic E-state index is 14.5. The van der Waals surface area contributed by atoms with Gasteiger partial charge in [0.1, 0.15) is 29.5 Å². The van der Waals surface area contributed by atoms with Gasteiger partial charge in [0.15, 0.2) is 5.75 Å². The van der Waals surface area contributed by atoms with Crippen LogP contribution in [0.4, 0.5) is 17.1 Å². The first-order chi connectivity index (χ1) is 26.4. The third kappa shape index (κ3) is 6.79. The van der Waals surface area contributed by atoms with Crippen LogP contribution in [0.1, 0.15) is 64.4 Å². The maximum Gasteiger partial charge on any atom is 0.312 e. The number of allylic oxidation sites excluding steroid dienone is 4. The first kappa shape index (κ1) is 40.4. The van der Waals surface area contributed by atoms with Gasteiger partial charge in [-0.25, -0.2) is 0 Å². The van der Waals surface area contributed by atoms with Crippen LogP contribution in [0.3, 0.4) is 0 Å². The number of carbonyl (C=O) groups excluding carboxylic acids is 3. The molecular weight excluding hydrogens is 722 g/mol. The highest BCUT2D eigenvalue weighted by Crippen LogP contribution is 2.59. The lowest BCUT2D eigenvalue weighted by molar-refractivity contribution is -0.160. The van der Waals surface area contributed by atoms with Crippen LogP contribution in [0.15, 0.2) is 60.6 Å². The van der Waals surface area contributed by atoms with Crippen LogP contribution in [0.5, 0.6) is 17.2 Å². The molecule has 0 spiro atoms. The van der Waals surface area contributed by atoms with Crippen molar-refractivity contribution in [2.45, 2.75) is 91.8 Å². The Kier molecular flexibility index (Phi) is 11.0. The van der Waals surface area contributed by atoms with Crippen LogP contribution < -0.4 is 20.3 Å². The molecule has 4 aliphatic rings. The van der Waals surface area contributed by atoms with Gasteiger partial charge in [-0.1, -0.05) is 52.0 Å². The second-order valence-electron chi connectivity index (χ2n) is 15.3. The zero-order valence-corrected chi connectivity index (χ0v) is 33.0. The van der Waals surface area contributed by atoms with E-state index in [-0.39, 0.29) is 44.7 Å². The molecule has 14 heteroatoms. The number of ketones is 1. The highest BCUT2D eigenvalue weighted by molar-refractivity contribution is 6.27. The van der Waals surface area contributed by atoms with Gasteiger partial charge in [-0.15, -0.1) is 0 Å². The molecule has 1 amide bonds. The van der Waals surface area contributed by atoms with Crippen molar-refractivity contribution >= 4 is 45.5 Å². The van der Waals surface area contributed by atoms with E-state index in [1.807, 2.05) is 12.2 Å². The predicted molar refractivity (Wildman–Crippen MR) is 210 cm³/mol. The van der Waals surface area contributed by atoms with Crippen molar-refractivity contribution in [2.24, 2.45) is 23.7 Å². The van der Waals surface area contributed by atoms with E-state index in [9.17, 15) is 34.8 Å². The summed E-state index contributed by atoms with van der Waals surface area (Å²) in [5, 5.41) is 52.8. The fourth-order valence-corrected chi connectivity index (χ4v) is 8.10. The molecule has 0 fully saturated rings. The SMILES string of the molecule is CO[C@H]1/C=C/O[C@@]2(C)Oc3c(C)c(O)c4c(O)c(c5c(c4c3C2=O)NC2C=CC=CN52)NC(=O)/C(C)=C\C=C\[C@H](C)[C@H](O)[C@@H](C)[C@@H](O)[C@@H](C)[C@H](OC(C)=O)[C@@H]1C. The third-order valence-corrected chi connectivity index (χ3v) is 11.5. The van der Waals surface area contributed by atoms with Gasteiger partial charge in [-0.2, -0.15) is 0 Å². The Balaban J connectivity index is 1.53.